The number of halogens is 2. The van der Waals surface area contributed by atoms with Gasteiger partial charge in [0.25, 0.3) is 0 Å². The lowest BCUT2D eigenvalue weighted by Crippen LogP contribution is -2.32. The Labute approximate surface area is 87.1 Å². The highest BCUT2D eigenvalue weighted by Gasteiger charge is 2.21. The molecule has 74 valence electrons. The maximum Gasteiger partial charge on any atom is 0.141 e. The number of rotatable bonds is 2. The Hall–Kier alpha value is -1.11. The molecule has 0 radical (unpaired) electrons. The predicted molar refractivity (Wildman–Crippen MR) is 53.2 cm³/mol. The molecular formula is C10H10ClFN2. The van der Waals surface area contributed by atoms with Crippen molar-refractivity contribution in [2.75, 3.05) is 0 Å². The topological polar surface area (TPSA) is 49.8 Å². The Morgan fingerprint density at radius 2 is 2.29 bits per heavy atom. The fourth-order valence-corrected chi connectivity index (χ4v) is 1.30. The van der Waals surface area contributed by atoms with E-state index in [0.717, 1.165) is 0 Å². The zero-order valence-corrected chi connectivity index (χ0v) is 8.48. The van der Waals surface area contributed by atoms with Crippen molar-refractivity contribution in [1.29, 1.82) is 5.26 Å². The van der Waals surface area contributed by atoms with Crippen LogP contribution in [0.1, 0.15) is 18.9 Å². The van der Waals surface area contributed by atoms with Gasteiger partial charge in [0.2, 0.25) is 0 Å². The number of nitriles is 1. The van der Waals surface area contributed by atoms with E-state index in [-0.39, 0.29) is 11.4 Å². The van der Waals surface area contributed by atoms with Crippen LogP contribution in [0, 0.1) is 17.1 Å². The van der Waals surface area contributed by atoms with Crippen LogP contribution in [-0.2, 0) is 5.54 Å². The molecule has 14 heavy (non-hydrogen) atoms. The molecule has 1 atom stereocenters. The summed E-state index contributed by atoms with van der Waals surface area (Å²) in [4.78, 5) is 0. The molecule has 0 spiro atoms. The van der Waals surface area contributed by atoms with Gasteiger partial charge < -0.3 is 5.73 Å². The molecule has 0 heterocycles. The van der Waals surface area contributed by atoms with E-state index in [0.29, 0.717) is 5.56 Å². The molecule has 1 aromatic rings. The maximum atomic E-state index is 12.8. The second-order valence-electron chi connectivity index (χ2n) is 3.38. The summed E-state index contributed by atoms with van der Waals surface area (Å²) < 4.78 is 12.8. The van der Waals surface area contributed by atoms with Gasteiger partial charge in [0.05, 0.1) is 23.1 Å². The lowest BCUT2D eigenvalue weighted by atomic mass is 9.90. The van der Waals surface area contributed by atoms with E-state index in [4.69, 9.17) is 22.6 Å². The largest absolute Gasteiger partial charge is 0.321 e. The van der Waals surface area contributed by atoms with Crippen molar-refractivity contribution in [2.24, 2.45) is 5.73 Å². The fraction of sp³-hybridized carbons (Fsp3) is 0.300. The van der Waals surface area contributed by atoms with Crippen LogP contribution in [0.2, 0.25) is 5.02 Å². The van der Waals surface area contributed by atoms with Gasteiger partial charge in [-0.05, 0) is 24.6 Å². The second-order valence-corrected chi connectivity index (χ2v) is 3.79. The summed E-state index contributed by atoms with van der Waals surface area (Å²) in [6, 6.07) is 6.22. The normalized spacial score (nSPS) is 14.5. The molecule has 0 saturated carbocycles. The van der Waals surface area contributed by atoms with Crippen molar-refractivity contribution in [3.8, 4) is 6.07 Å². The molecule has 0 aliphatic heterocycles. The average Bonchev–Trinajstić information content (AvgIpc) is 2.09. The molecule has 0 aromatic heterocycles. The van der Waals surface area contributed by atoms with Crippen molar-refractivity contribution < 1.29 is 4.39 Å². The summed E-state index contributed by atoms with van der Waals surface area (Å²) in [5.41, 5.74) is 5.74. The van der Waals surface area contributed by atoms with Crippen LogP contribution in [0.3, 0.4) is 0 Å². The van der Waals surface area contributed by atoms with Crippen LogP contribution >= 0.6 is 11.6 Å². The van der Waals surface area contributed by atoms with Crippen molar-refractivity contribution in [3.63, 3.8) is 0 Å². The van der Waals surface area contributed by atoms with Crippen molar-refractivity contribution in [3.05, 3.63) is 34.6 Å². The monoisotopic (exact) mass is 212 g/mol. The lowest BCUT2D eigenvalue weighted by molar-refractivity contribution is 0.506. The number of nitrogens with two attached hydrogens (primary N) is 1. The van der Waals surface area contributed by atoms with Gasteiger partial charge in [-0.25, -0.2) is 4.39 Å². The SMILES string of the molecule is C[C@@](N)(CC#N)c1ccc(F)c(Cl)c1. The highest BCUT2D eigenvalue weighted by Crippen LogP contribution is 2.25. The first-order chi connectivity index (χ1) is 6.47. The molecule has 1 aromatic carbocycles. The van der Waals surface area contributed by atoms with Gasteiger partial charge in [-0.1, -0.05) is 17.7 Å². The van der Waals surface area contributed by atoms with Crippen molar-refractivity contribution in [2.45, 2.75) is 18.9 Å². The Morgan fingerprint density at radius 1 is 1.64 bits per heavy atom. The first-order valence-electron chi connectivity index (χ1n) is 4.09. The van der Waals surface area contributed by atoms with Crippen LogP contribution in [0.5, 0.6) is 0 Å². The highest BCUT2D eigenvalue weighted by atomic mass is 35.5. The Balaban J connectivity index is 3.09. The zero-order chi connectivity index (χ0) is 10.8. The van der Waals surface area contributed by atoms with Crippen LogP contribution in [-0.4, -0.2) is 0 Å². The quantitative estimate of drug-likeness (QED) is 0.819. The van der Waals surface area contributed by atoms with Crippen LogP contribution in [0.15, 0.2) is 18.2 Å². The molecule has 0 bridgehead atoms. The molecule has 0 amide bonds. The van der Waals surface area contributed by atoms with E-state index in [1.807, 2.05) is 6.07 Å². The fourth-order valence-electron chi connectivity index (χ4n) is 1.12. The molecule has 2 N–H and O–H groups in total. The van der Waals surface area contributed by atoms with Crippen LogP contribution in [0.25, 0.3) is 0 Å². The predicted octanol–water partition coefficient (Wildman–Crippen LogP) is 2.57. The average molecular weight is 213 g/mol. The van der Waals surface area contributed by atoms with Gasteiger partial charge in [0.15, 0.2) is 0 Å². The summed E-state index contributed by atoms with van der Waals surface area (Å²) >= 11 is 5.61. The second kappa shape index (κ2) is 3.95. The van der Waals surface area contributed by atoms with Crippen LogP contribution < -0.4 is 5.73 Å². The molecular weight excluding hydrogens is 203 g/mol. The van der Waals surface area contributed by atoms with E-state index in [2.05, 4.69) is 0 Å². The minimum absolute atomic E-state index is 0.0251. The Bertz CT molecular complexity index is 382. The number of benzene rings is 1. The molecule has 0 unspecified atom stereocenters. The summed E-state index contributed by atoms with van der Waals surface area (Å²) in [5.74, 6) is -0.483. The minimum Gasteiger partial charge on any atom is -0.321 e. The third-order valence-corrected chi connectivity index (χ3v) is 2.31. The smallest absolute Gasteiger partial charge is 0.141 e. The molecule has 0 fully saturated rings. The highest BCUT2D eigenvalue weighted by molar-refractivity contribution is 6.30. The third-order valence-electron chi connectivity index (χ3n) is 2.03. The first kappa shape index (κ1) is 11.0. The van der Waals surface area contributed by atoms with E-state index in [1.54, 1.807) is 13.0 Å². The van der Waals surface area contributed by atoms with Crippen molar-refractivity contribution >= 4 is 11.6 Å². The number of hydrogen-bond donors (Lipinski definition) is 1. The van der Waals surface area contributed by atoms with Gasteiger partial charge in [-0.2, -0.15) is 5.26 Å². The first-order valence-corrected chi connectivity index (χ1v) is 4.46. The molecule has 0 aliphatic rings. The maximum absolute atomic E-state index is 12.8. The third kappa shape index (κ3) is 2.22. The van der Waals surface area contributed by atoms with Gasteiger partial charge in [0.1, 0.15) is 5.82 Å². The van der Waals surface area contributed by atoms with E-state index in [9.17, 15) is 4.39 Å². The molecule has 0 saturated heterocycles. The van der Waals surface area contributed by atoms with E-state index in [1.165, 1.54) is 12.1 Å². The summed E-state index contributed by atoms with van der Waals surface area (Å²) in [6.45, 7) is 1.71. The standard InChI is InChI=1S/C10H10ClFN2/c1-10(14,4-5-13)7-2-3-9(12)8(11)6-7/h2-3,6H,4,14H2,1H3/t10-/m1/s1. The van der Waals surface area contributed by atoms with Gasteiger partial charge >= 0.3 is 0 Å². The number of hydrogen-bond acceptors (Lipinski definition) is 2. The zero-order valence-electron chi connectivity index (χ0n) is 7.72. The molecule has 2 nitrogen and oxygen atoms in total. The lowest BCUT2D eigenvalue weighted by Gasteiger charge is -2.21. The molecule has 4 heteroatoms. The van der Waals surface area contributed by atoms with E-state index >= 15 is 0 Å². The Morgan fingerprint density at radius 3 is 2.79 bits per heavy atom. The summed E-state index contributed by atoms with van der Waals surface area (Å²) in [7, 11) is 0. The molecule has 1 rings (SSSR count). The Kier molecular flexibility index (Phi) is 3.10. The molecule has 0 aliphatic carbocycles. The number of nitrogens with zero attached hydrogens (tertiary/aromatic N) is 1. The van der Waals surface area contributed by atoms with Gasteiger partial charge in [0, 0.05) is 0 Å². The van der Waals surface area contributed by atoms with E-state index < -0.39 is 11.4 Å². The van der Waals surface area contributed by atoms with Crippen LogP contribution in [0.4, 0.5) is 4.39 Å². The summed E-state index contributed by atoms with van der Waals surface area (Å²) in [6.07, 6.45) is 0.162. The van der Waals surface area contributed by atoms with Gasteiger partial charge in [-0.15, -0.1) is 0 Å². The van der Waals surface area contributed by atoms with Crippen molar-refractivity contribution in [1.82, 2.24) is 0 Å². The minimum atomic E-state index is -0.786. The van der Waals surface area contributed by atoms with Gasteiger partial charge in [-0.3, -0.25) is 0 Å². The summed E-state index contributed by atoms with van der Waals surface area (Å²) in [5, 5.41) is 8.58.